The van der Waals surface area contributed by atoms with Gasteiger partial charge in [0.05, 0.1) is 35.7 Å². The molecular formula is C23H22F3N3O3. The summed E-state index contributed by atoms with van der Waals surface area (Å²) >= 11 is 0. The van der Waals surface area contributed by atoms with Crippen LogP contribution in [0.2, 0.25) is 0 Å². The first-order valence-electron chi connectivity index (χ1n) is 10.3. The number of rotatable bonds is 4. The number of fused-ring (bicyclic) bond motifs is 1. The molecule has 2 heterocycles. The minimum atomic E-state index is -4.37. The molecule has 1 aliphatic heterocycles. The highest BCUT2D eigenvalue weighted by atomic mass is 19.4. The van der Waals surface area contributed by atoms with Gasteiger partial charge in [0.15, 0.2) is 0 Å². The number of nitrogens with zero attached hydrogens (tertiary/aromatic N) is 2. The highest BCUT2D eigenvalue weighted by Gasteiger charge is 2.31. The number of alkyl halides is 3. The molecule has 1 unspecified atom stereocenters. The summed E-state index contributed by atoms with van der Waals surface area (Å²) in [7, 11) is 1.28. The van der Waals surface area contributed by atoms with Crippen molar-refractivity contribution >= 4 is 16.9 Å². The topological polar surface area (TPSA) is 75.3 Å². The van der Waals surface area contributed by atoms with Crippen molar-refractivity contribution in [3.63, 3.8) is 0 Å². The fraction of sp³-hybridized carbons (Fsp3) is 0.348. The van der Waals surface area contributed by atoms with E-state index < -0.39 is 17.7 Å². The van der Waals surface area contributed by atoms with E-state index in [0.717, 1.165) is 43.5 Å². The normalized spacial score (nSPS) is 17.4. The van der Waals surface area contributed by atoms with Gasteiger partial charge in [0, 0.05) is 6.04 Å². The fourth-order valence-corrected chi connectivity index (χ4v) is 4.15. The molecule has 0 amide bonds. The highest BCUT2D eigenvalue weighted by molar-refractivity contribution is 5.93. The molecule has 2 aromatic carbocycles. The maximum Gasteiger partial charge on any atom is 0.416 e. The van der Waals surface area contributed by atoms with Crippen molar-refractivity contribution < 1.29 is 22.7 Å². The van der Waals surface area contributed by atoms with Crippen LogP contribution in [0.25, 0.3) is 10.9 Å². The van der Waals surface area contributed by atoms with Crippen LogP contribution >= 0.6 is 0 Å². The second-order valence-corrected chi connectivity index (χ2v) is 7.84. The lowest BCUT2D eigenvalue weighted by molar-refractivity contribution is -0.137. The summed E-state index contributed by atoms with van der Waals surface area (Å²) in [6, 6.07) is 9.73. The number of aromatic amines is 1. The van der Waals surface area contributed by atoms with Gasteiger partial charge in [-0.3, -0.25) is 9.69 Å². The number of halogens is 3. The first kappa shape index (κ1) is 22.0. The second kappa shape index (κ2) is 8.74. The predicted octanol–water partition coefficient (Wildman–Crippen LogP) is 4.46. The number of benzene rings is 2. The van der Waals surface area contributed by atoms with Crippen LogP contribution in [0, 0.1) is 0 Å². The number of nitrogens with one attached hydrogen (secondary N) is 1. The maximum absolute atomic E-state index is 12.9. The summed E-state index contributed by atoms with van der Waals surface area (Å²) in [5.74, 6) is -0.0859. The van der Waals surface area contributed by atoms with Gasteiger partial charge in [0.25, 0.3) is 5.56 Å². The molecule has 9 heteroatoms. The molecule has 0 radical (unpaired) electrons. The number of aromatic nitrogens is 2. The number of hydrogen-bond acceptors (Lipinski definition) is 5. The van der Waals surface area contributed by atoms with E-state index in [4.69, 9.17) is 4.74 Å². The van der Waals surface area contributed by atoms with Crippen LogP contribution in [0.4, 0.5) is 13.2 Å². The van der Waals surface area contributed by atoms with E-state index in [9.17, 15) is 22.8 Å². The molecule has 1 aromatic heterocycles. The van der Waals surface area contributed by atoms with Crippen molar-refractivity contribution in [1.82, 2.24) is 14.9 Å². The third kappa shape index (κ3) is 4.52. The zero-order valence-corrected chi connectivity index (χ0v) is 17.4. The Balaban J connectivity index is 1.62. The molecular weight excluding hydrogens is 423 g/mol. The summed E-state index contributed by atoms with van der Waals surface area (Å²) in [5.41, 5.74) is 0.489. The Morgan fingerprint density at radius 2 is 1.94 bits per heavy atom. The molecule has 0 saturated carbocycles. The SMILES string of the molecule is COC(=O)c1ccc2c(=O)[nH]c(CN3CCCCC3c3ccc(C(F)(F)F)cc3)nc2c1. The predicted molar refractivity (Wildman–Crippen MR) is 112 cm³/mol. The number of likely N-dealkylation sites (tertiary alicyclic amines) is 1. The minimum Gasteiger partial charge on any atom is -0.465 e. The Labute approximate surface area is 182 Å². The smallest absolute Gasteiger partial charge is 0.416 e. The van der Waals surface area contributed by atoms with Crippen molar-refractivity contribution in [1.29, 1.82) is 0 Å². The standard InChI is InChI=1S/C23H22F3N3O3/c1-32-22(31)15-7-10-17-18(12-15)27-20(28-21(17)30)13-29-11-3-2-4-19(29)14-5-8-16(9-6-14)23(24,25)26/h5-10,12,19H,2-4,11,13H2,1H3,(H,27,28,30). The van der Waals surface area contributed by atoms with Crippen molar-refractivity contribution in [2.45, 2.75) is 38.0 Å². The summed E-state index contributed by atoms with van der Waals surface area (Å²) in [6.07, 6.45) is -1.66. The number of piperidine rings is 1. The van der Waals surface area contributed by atoms with E-state index >= 15 is 0 Å². The van der Waals surface area contributed by atoms with Crippen molar-refractivity contribution in [3.05, 3.63) is 75.3 Å². The number of carbonyl (C=O) groups is 1. The van der Waals surface area contributed by atoms with E-state index in [1.54, 1.807) is 0 Å². The van der Waals surface area contributed by atoms with Gasteiger partial charge < -0.3 is 9.72 Å². The Bertz CT molecular complexity index is 1190. The molecule has 4 rings (SSSR count). The third-order valence-corrected chi connectivity index (χ3v) is 5.77. The monoisotopic (exact) mass is 445 g/mol. The van der Waals surface area contributed by atoms with Crippen molar-refractivity contribution in [2.24, 2.45) is 0 Å². The Kier molecular flexibility index (Phi) is 6.01. The van der Waals surface area contributed by atoms with Crippen LogP contribution in [0.15, 0.2) is 47.3 Å². The van der Waals surface area contributed by atoms with Crippen LogP contribution in [0.1, 0.15) is 52.6 Å². The maximum atomic E-state index is 12.9. The molecule has 1 fully saturated rings. The first-order chi connectivity index (χ1) is 15.3. The molecule has 1 N–H and O–H groups in total. The lowest BCUT2D eigenvalue weighted by Crippen LogP contribution is -2.34. The average Bonchev–Trinajstić information content (AvgIpc) is 2.78. The van der Waals surface area contributed by atoms with Crippen LogP contribution in [0.3, 0.4) is 0 Å². The van der Waals surface area contributed by atoms with Gasteiger partial charge in [-0.15, -0.1) is 0 Å². The van der Waals surface area contributed by atoms with Crippen molar-refractivity contribution in [3.8, 4) is 0 Å². The second-order valence-electron chi connectivity index (χ2n) is 7.84. The van der Waals surface area contributed by atoms with Gasteiger partial charge in [-0.2, -0.15) is 13.2 Å². The number of methoxy groups -OCH3 is 1. The van der Waals surface area contributed by atoms with Gasteiger partial charge in [-0.25, -0.2) is 9.78 Å². The zero-order chi connectivity index (χ0) is 22.9. The summed E-state index contributed by atoms with van der Waals surface area (Å²) < 4.78 is 43.5. The van der Waals surface area contributed by atoms with Crippen LogP contribution in [0.5, 0.6) is 0 Å². The minimum absolute atomic E-state index is 0.0755. The molecule has 168 valence electrons. The zero-order valence-electron chi connectivity index (χ0n) is 17.4. The van der Waals surface area contributed by atoms with Gasteiger partial charge in [0.2, 0.25) is 0 Å². The van der Waals surface area contributed by atoms with Crippen LogP contribution < -0.4 is 5.56 Å². The lowest BCUT2D eigenvalue weighted by atomic mass is 9.94. The molecule has 1 aliphatic rings. The summed E-state index contributed by atoms with van der Waals surface area (Å²) in [6.45, 7) is 1.06. The molecule has 32 heavy (non-hydrogen) atoms. The van der Waals surface area contributed by atoms with E-state index in [1.807, 2.05) is 0 Å². The van der Waals surface area contributed by atoms with Gasteiger partial charge in [0.1, 0.15) is 5.82 Å². The lowest BCUT2D eigenvalue weighted by Gasteiger charge is -2.35. The third-order valence-electron chi connectivity index (χ3n) is 5.77. The highest BCUT2D eigenvalue weighted by Crippen LogP contribution is 2.34. The van der Waals surface area contributed by atoms with Gasteiger partial charge in [-0.1, -0.05) is 18.6 Å². The quantitative estimate of drug-likeness (QED) is 0.601. The Hall–Kier alpha value is -3.20. The number of carbonyl (C=O) groups excluding carboxylic acids is 1. The van der Waals surface area contributed by atoms with E-state index in [2.05, 4.69) is 14.9 Å². The number of ether oxygens (including phenoxy) is 1. The first-order valence-corrected chi connectivity index (χ1v) is 10.3. The average molecular weight is 445 g/mol. The van der Waals surface area contributed by atoms with Gasteiger partial charge in [-0.05, 0) is 55.3 Å². The van der Waals surface area contributed by atoms with Crippen molar-refractivity contribution in [2.75, 3.05) is 13.7 Å². The molecule has 1 saturated heterocycles. The molecule has 0 spiro atoms. The van der Waals surface area contributed by atoms with E-state index in [0.29, 0.717) is 28.8 Å². The number of H-pyrrole nitrogens is 1. The van der Waals surface area contributed by atoms with Crippen LogP contribution in [-0.2, 0) is 17.5 Å². The fourth-order valence-electron chi connectivity index (χ4n) is 4.15. The Morgan fingerprint density at radius 1 is 1.19 bits per heavy atom. The summed E-state index contributed by atoms with van der Waals surface area (Å²) in [4.78, 5) is 33.8. The molecule has 0 aliphatic carbocycles. The van der Waals surface area contributed by atoms with Gasteiger partial charge >= 0.3 is 12.1 Å². The largest absolute Gasteiger partial charge is 0.465 e. The van der Waals surface area contributed by atoms with E-state index in [1.165, 1.54) is 37.4 Å². The molecule has 6 nitrogen and oxygen atoms in total. The Morgan fingerprint density at radius 3 is 2.62 bits per heavy atom. The molecule has 0 bridgehead atoms. The number of esters is 1. The molecule has 1 atom stereocenters. The van der Waals surface area contributed by atoms with E-state index in [-0.39, 0.29) is 11.6 Å². The summed E-state index contributed by atoms with van der Waals surface area (Å²) in [5, 5.41) is 0.360. The number of hydrogen-bond donors (Lipinski definition) is 1. The molecule has 3 aromatic rings. The van der Waals surface area contributed by atoms with Crippen LogP contribution in [-0.4, -0.2) is 34.5 Å².